The number of rotatable bonds is 3. The van der Waals surface area contributed by atoms with Gasteiger partial charge in [0.05, 0.1) is 33.4 Å². The SMILES string of the molecule is C1=C[C@@H]2c3cccc(-n4c5ccccc5c5cc(-c6ccc7c8ccccc8n(-c8cc9ccccc9c9ccccc89)c7c6)ccc54)c3O[C@@H]2C=C1. The molecule has 3 heterocycles. The topological polar surface area (TPSA) is 19.1 Å². The van der Waals surface area contributed by atoms with Gasteiger partial charge >= 0.3 is 0 Å². The lowest BCUT2D eigenvalue weighted by Crippen LogP contribution is -2.15. The third kappa shape index (κ3) is 4.05. The number of ether oxygens (including phenoxy) is 1. The van der Waals surface area contributed by atoms with Gasteiger partial charge in [-0.05, 0) is 75.8 Å². The first kappa shape index (κ1) is 28.8. The van der Waals surface area contributed by atoms with Crippen LogP contribution in [0.3, 0.4) is 0 Å². The first-order valence-electron chi connectivity index (χ1n) is 18.4. The van der Waals surface area contributed by atoms with E-state index in [0.29, 0.717) is 0 Å². The van der Waals surface area contributed by atoms with Gasteiger partial charge in [0, 0.05) is 38.4 Å². The van der Waals surface area contributed by atoms with Gasteiger partial charge in [0.15, 0.2) is 0 Å². The van der Waals surface area contributed by atoms with E-state index in [-0.39, 0.29) is 12.0 Å². The molecule has 0 spiro atoms. The monoisotopic (exact) mass is 676 g/mol. The smallest absolute Gasteiger partial charge is 0.148 e. The number of hydrogen-bond donors (Lipinski definition) is 0. The van der Waals surface area contributed by atoms with Crippen molar-refractivity contribution in [3.05, 3.63) is 188 Å². The van der Waals surface area contributed by atoms with Crippen LogP contribution in [0.2, 0.25) is 0 Å². The lowest BCUT2D eigenvalue weighted by Gasteiger charge is -2.15. The molecule has 0 N–H and O–H groups in total. The van der Waals surface area contributed by atoms with Crippen molar-refractivity contribution in [2.75, 3.05) is 0 Å². The Morgan fingerprint density at radius 1 is 0.396 bits per heavy atom. The van der Waals surface area contributed by atoms with E-state index in [9.17, 15) is 0 Å². The Hall–Kier alpha value is -6.84. The summed E-state index contributed by atoms with van der Waals surface area (Å²) in [5.41, 5.74) is 10.7. The molecule has 2 aliphatic rings. The maximum Gasteiger partial charge on any atom is 0.148 e. The lowest BCUT2D eigenvalue weighted by molar-refractivity contribution is 0.268. The van der Waals surface area contributed by atoms with Crippen molar-refractivity contribution in [3.8, 4) is 28.3 Å². The highest BCUT2D eigenvalue weighted by atomic mass is 16.5. The fraction of sp³-hybridized carbons (Fsp3) is 0.0400. The zero-order chi connectivity index (χ0) is 34.6. The molecular weight excluding hydrogens is 645 g/mol. The normalized spacial score (nSPS) is 16.3. The van der Waals surface area contributed by atoms with Crippen molar-refractivity contribution in [2.24, 2.45) is 0 Å². The number of hydrogen-bond acceptors (Lipinski definition) is 1. The van der Waals surface area contributed by atoms with Gasteiger partial charge in [-0.3, -0.25) is 0 Å². The van der Waals surface area contributed by atoms with Crippen molar-refractivity contribution < 1.29 is 4.74 Å². The zero-order valence-corrected chi connectivity index (χ0v) is 28.8. The summed E-state index contributed by atoms with van der Waals surface area (Å²) < 4.78 is 11.5. The minimum absolute atomic E-state index is 0.0361. The number of benzene rings is 8. The fourth-order valence-electron chi connectivity index (χ4n) is 9.27. The molecule has 1 aliphatic carbocycles. The molecule has 0 unspecified atom stereocenters. The molecule has 0 bridgehead atoms. The number of para-hydroxylation sites is 3. The second-order valence-corrected chi connectivity index (χ2v) is 14.4. The van der Waals surface area contributed by atoms with Crippen LogP contribution in [0.5, 0.6) is 5.75 Å². The van der Waals surface area contributed by atoms with Crippen molar-refractivity contribution in [1.82, 2.24) is 9.13 Å². The summed E-state index contributed by atoms with van der Waals surface area (Å²) in [5, 5.41) is 10.0. The maximum absolute atomic E-state index is 6.66. The molecule has 3 heteroatoms. The minimum atomic E-state index is 0.0361. The molecule has 0 saturated carbocycles. The molecule has 0 amide bonds. The van der Waals surface area contributed by atoms with Gasteiger partial charge in [-0.25, -0.2) is 0 Å². The van der Waals surface area contributed by atoms with E-state index >= 15 is 0 Å². The Morgan fingerprint density at radius 3 is 1.87 bits per heavy atom. The Balaban J connectivity index is 1.08. The Kier molecular flexibility index (Phi) is 5.89. The van der Waals surface area contributed by atoms with Crippen LogP contribution in [0, 0.1) is 0 Å². The standard InChI is InChI=1S/C50H32N2O/c1-2-13-34-33(12-1)30-48(36-15-4-3-14-35(34)36)52-43-20-8-5-16-37(43)39-26-24-32(29-47(39)52)31-25-27-45-42(28-31)38-17-6-9-21-44(38)51(45)46-22-11-19-41-40-18-7-10-23-49(40)53-50(41)46/h1-30,40,49H/t40-,49-/m1/s1. The average Bonchev–Trinajstić information content (AvgIpc) is 3.88. The van der Waals surface area contributed by atoms with Crippen molar-refractivity contribution in [2.45, 2.75) is 12.0 Å². The molecule has 0 fully saturated rings. The van der Waals surface area contributed by atoms with Crippen LogP contribution in [0.15, 0.2) is 182 Å². The summed E-state index contributed by atoms with van der Waals surface area (Å²) in [6.07, 6.45) is 8.70. The summed E-state index contributed by atoms with van der Waals surface area (Å²) >= 11 is 0. The number of nitrogens with zero attached hydrogens (tertiary/aromatic N) is 2. The third-order valence-electron chi connectivity index (χ3n) is 11.6. The first-order valence-corrected chi connectivity index (χ1v) is 18.4. The molecule has 248 valence electrons. The van der Waals surface area contributed by atoms with E-state index in [4.69, 9.17) is 4.74 Å². The highest BCUT2D eigenvalue weighted by molar-refractivity contribution is 6.16. The molecule has 0 saturated heterocycles. The number of aromatic nitrogens is 2. The largest absolute Gasteiger partial charge is 0.483 e. The quantitative estimate of drug-likeness (QED) is 0.170. The van der Waals surface area contributed by atoms with E-state index in [2.05, 4.69) is 191 Å². The summed E-state index contributed by atoms with van der Waals surface area (Å²) in [6.45, 7) is 0. The van der Waals surface area contributed by atoms with Crippen LogP contribution in [0.4, 0.5) is 0 Å². The zero-order valence-electron chi connectivity index (χ0n) is 28.8. The molecule has 1 aliphatic heterocycles. The molecule has 2 atom stereocenters. The van der Waals surface area contributed by atoms with Gasteiger partial charge in [-0.1, -0.05) is 133 Å². The van der Waals surface area contributed by atoms with E-state index in [1.54, 1.807) is 0 Å². The van der Waals surface area contributed by atoms with Gasteiger partial charge in [0.2, 0.25) is 0 Å². The lowest BCUT2D eigenvalue weighted by atomic mass is 9.92. The van der Waals surface area contributed by atoms with Crippen LogP contribution >= 0.6 is 0 Å². The Bertz CT molecular complexity index is 3230. The van der Waals surface area contributed by atoms with Gasteiger partial charge in [-0.15, -0.1) is 0 Å². The van der Waals surface area contributed by atoms with Gasteiger partial charge in [0.1, 0.15) is 11.9 Å². The second kappa shape index (κ2) is 10.8. The van der Waals surface area contributed by atoms with Gasteiger partial charge in [-0.2, -0.15) is 0 Å². The molecule has 53 heavy (non-hydrogen) atoms. The Morgan fingerprint density at radius 2 is 1.02 bits per heavy atom. The average molecular weight is 677 g/mol. The van der Waals surface area contributed by atoms with E-state index in [0.717, 1.165) is 11.4 Å². The maximum atomic E-state index is 6.66. The van der Waals surface area contributed by atoms with E-state index < -0.39 is 0 Å². The molecule has 8 aromatic carbocycles. The molecule has 12 rings (SSSR count). The van der Waals surface area contributed by atoms with Gasteiger partial charge < -0.3 is 13.9 Å². The molecule has 0 radical (unpaired) electrons. The Labute approximate surface area is 305 Å². The van der Waals surface area contributed by atoms with Crippen LogP contribution in [-0.2, 0) is 0 Å². The number of allylic oxidation sites excluding steroid dienone is 2. The highest BCUT2D eigenvalue weighted by Gasteiger charge is 2.34. The summed E-state index contributed by atoms with van der Waals surface area (Å²) in [7, 11) is 0. The summed E-state index contributed by atoms with van der Waals surface area (Å²) in [4.78, 5) is 0. The van der Waals surface area contributed by atoms with Crippen LogP contribution < -0.4 is 4.74 Å². The molecule has 2 aromatic heterocycles. The van der Waals surface area contributed by atoms with Gasteiger partial charge in [0.25, 0.3) is 0 Å². The first-order chi connectivity index (χ1) is 26.3. The van der Waals surface area contributed by atoms with E-state index in [1.165, 1.54) is 87.5 Å². The van der Waals surface area contributed by atoms with Crippen LogP contribution in [0.1, 0.15) is 11.5 Å². The molecular formula is C50H32N2O. The van der Waals surface area contributed by atoms with E-state index in [1.807, 2.05) is 0 Å². The summed E-state index contributed by atoms with van der Waals surface area (Å²) in [5.74, 6) is 1.22. The summed E-state index contributed by atoms with van der Waals surface area (Å²) in [6, 6.07) is 58.0. The highest BCUT2D eigenvalue weighted by Crippen LogP contribution is 2.47. The molecule has 10 aromatic rings. The predicted molar refractivity (Wildman–Crippen MR) is 221 cm³/mol. The fourth-order valence-corrected chi connectivity index (χ4v) is 9.27. The van der Waals surface area contributed by atoms with Crippen LogP contribution in [-0.4, -0.2) is 15.2 Å². The predicted octanol–water partition coefficient (Wildman–Crippen LogP) is 12.8. The molecule has 3 nitrogen and oxygen atoms in total. The van der Waals surface area contributed by atoms with Crippen molar-refractivity contribution in [1.29, 1.82) is 0 Å². The van der Waals surface area contributed by atoms with Crippen molar-refractivity contribution >= 4 is 65.2 Å². The third-order valence-corrected chi connectivity index (χ3v) is 11.6. The van der Waals surface area contributed by atoms with Crippen LogP contribution in [0.25, 0.3) is 87.7 Å². The van der Waals surface area contributed by atoms with Crippen molar-refractivity contribution in [3.63, 3.8) is 0 Å². The number of fused-ring (bicyclic) bond motifs is 12. The minimum Gasteiger partial charge on any atom is -0.483 e. The second-order valence-electron chi connectivity index (χ2n) is 14.4.